The number of halogens is 1. The number of aromatic nitrogens is 2. The topological polar surface area (TPSA) is 70.4 Å². The summed E-state index contributed by atoms with van der Waals surface area (Å²) in [5, 5.41) is 2.33. The van der Waals surface area contributed by atoms with E-state index < -0.39 is 6.23 Å². The fraction of sp³-hybridized carbons (Fsp3) is 0.286. The van der Waals surface area contributed by atoms with Crippen molar-refractivity contribution < 1.29 is 14.3 Å². The molecule has 148 valence electrons. The molecular formula is C21H17ClN2O4S. The first kappa shape index (κ1) is 18.4. The highest BCUT2D eigenvalue weighted by atomic mass is 35.5. The number of nitrogens with zero attached hydrogens (tertiary/aromatic N) is 2. The standard InChI is InChI=1S/C21H17ClN2O4S/c1-11(25)14-7-24-17(5-18(14)26)13-4-15(22)20(27-8-12-2-3-12)6-19(13)28-21(24)16-9-29-10-23-16/h4-7,9-10,12,21H,2-3,8H2,1H3. The van der Waals surface area contributed by atoms with Crippen molar-refractivity contribution in [2.45, 2.75) is 26.0 Å². The predicted molar refractivity (Wildman–Crippen MR) is 110 cm³/mol. The van der Waals surface area contributed by atoms with Crippen molar-refractivity contribution in [3.8, 4) is 22.8 Å². The summed E-state index contributed by atoms with van der Waals surface area (Å²) in [6, 6.07) is 4.97. The number of ether oxygens (including phenoxy) is 2. The van der Waals surface area contributed by atoms with Crippen LogP contribution in [0.1, 0.15) is 42.0 Å². The Morgan fingerprint density at radius 2 is 2.21 bits per heavy atom. The van der Waals surface area contributed by atoms with Gasteiger partial charge in [-0.05, 0) is 31.7 Å². The van der Waals surface area contributed by atoms with Crippen LogP contribution in [0.4, 0.5) is 0 Å². The van der Waals surface area contributed by atoms with Gasteiger partial charge < -0.3 is 14.0 Å². The van der Waals surface area contributed by atoms with Crippen LogP contribution in [0.2, 0.25) is 5.02 Å². The third-order valence-electron chi connectivity index (χ3n) is 5.14. The van der Waals surface area contributed by atoms with Gasteiger partial charge in [0, 0.05) is 29.3 Å². The van der Waals surface area contributed by atoms with Gasteiger partial charge in [-0.25, -0.2) is 4.98 Å². The molecule has 1 saturated carbocycles. The van der Waals surface area contributed by atoms with E-state index in [-0.39, 0.29) is 16.8 Å². The Morgan fingerprint density at radius 3 is 2.90 bits per heavy atom. The Hall–Kier alpha value is -2.64. The van der Waals surface area contributed by atoms with Gasteiger partial charge in [0.05, 0.1) is 28.4 Å². The van der Waals surface area contributed by atoms with Crippen LogP contribution >= 0.6 is 22.9 Å². The summed E-state index contributed by atoms with van der Waals surface area (Å²) in [6.45, 7) is 2.01. The summed E-state index contributed by atoms with van der Waals surface area (Å²) < 4.78 is 13.9. The lowest BCUT2D eigenvalue weighted by Gasteiger charge is -2.31. The molecule has 0 radical (unpaired) electrons. The van der Waals surface area contributed by atoms with Crippen molar-refractivity contribution >= 4 is 28.7 Å². The normalized spacial score (nSPS) is 17.2. The second-order valence-corrected chi connectivity index (χ2v) is 8.44. The van der Waals surface area contributed by atoms with Crippen LogP contribution in [0.5, 0.6) is 11.5 Å². The van der Waals surface area contributed by atoms with E-state index in [1.165, 1.54) is 37.2 Å². The Labute approximate surface area is 175 Å². The number of carbonyl (C=O) groups excluding carboxylic acids is 1. The van der Waals surface area contributed by atoms with E-state index in [4.69, 9.17) is 21.1 Å². The molecule has 29 heavy (non-hydrogen) atoms. The number of rotatable bonds is 5. The van der Waals surface area contributed by atoms with E-state index >= 15 is 0 Å². The number of fused-ring (bicyclic) bond motifs is 3. The van der Waals surface area contributed by atoms with Crippen molar-refractivity contribution in [3.05, 3.63) is 61.8 Å². The summed E-state index contributed by atoms with van der Waals surface area (Å²) in [5.41, 5.74) is 3.47. The fourth-order valence-corrected chi connectivity index (χ4v) is 4.16. The van der Waals surface area contributed by atoms with Crippen molar-refractivity contribution in [2.24, 2.45) is 5.92 Å². The van der Waals surface area contributed by atoms with Crippen LogP contribution in [0.15, 0.2) is 40.1 Å². The molecule has 1 atom stereocenters. The molecule has 1 aliphatic heterocycles. The van der Waals surface area contributed by atoms with E-state index in [9.17, 15) is 9.59 Å². The summed E-state index contributed by atoms with van der Waals surface area (Å²) in [4.78, 5) is 28.8. The number of pyridine rings is 1. The maximum Gasteiger partial charge on any atom is 0.220 e. The number of hydrogen-bond donors (Lipinski definition) is 0. The van der Waals surface area contributed by atoms with Gasteiger partial charge in [-0.3, -0.25) is 9.59 Å². The summed E-state index contributed by atoms with van der Waals surface area (Å²) in [6.07, 6.45) is 3.30. The highest BCUT2D eigenvalue weighted by Gasteiger charge is 2.30. The molecule has 2 aliphatic rings. The molecule has 0 N–H and O–H groups in total. The highest BCUT2D eigenvalue weighted by molar-refractivity contribution is 7.07. The highest BCUT2D eigenvalue weighted by Crippen LogP contribution is 2.45. The first-order chi connectivity index (χ1) is 14.0. The Balaban J connectivity index is 1.66. The molecule has 3 aromatic rings. The lowest BCUT2D eigenvalue weighted by Crippen LogP contribution is -2.27. The Morgan fingerprint density at radius 1 is 1.38 bits per heavy atom. The monoisotopic (exact) mass is 428 g/mol. The second kappa shape index (κ2) is 7.00. The molecule has 0 saturated heterocycles. The third-order valence-corrected chi connectivity index (χ3v) is 6.04. The summed E-state index contributed by atoms with van der Waals surface area (Å²) in [5.74, 6) is 1.42. The number of carbonyl (C=O) groups is 1. The van der Waals surface area contributed by atoms with E-state index in [0.29, 0.717) is 46.0 Å². The number of ketones is 1. The zero-order valence-electron chi connectivity index (χ0n) is 15.6. The van der Waals surface area contributed by atoms with Crippen LogP contribution in [-0.2, 0) is 0 Å². The molecule has 0 bridgehead atoms. The molecule has 3 heterocycles. The van der Waals surface area contributed by atoms with E-state index in [1.807, 2.05) is 5.38 Å². The maximum absolute atomic E-state index is 12.5. The first-order valence-corrected chi connectivity index (χ1v) is 10.6. The zero-order valence-corrected chi connectivity index (χ0v) is 17.1. The van der Waals surface area contributed by atoms with Crippen molar-refractivity contribution in [3.63, 3.8) is 0 Å². The van der Waals surface area contributed by atoms with Gasteiger partial charge in [0.15, 0.2) is 11.2 Å². The van der Waals surface area contributed by atoms with Crippen molar-refractivity contribution in [2.75, 3.05) is 6.61 Å². The molecule has 1 unspecified atom stereocenters. The van der Waals surface area contributed by atoms with Gasteiger partial charge in [-0.1, -0.05) is 11.6 Å². The minimum Gasteiger partial charge on any atom is -0.492 e. The molecular weight excluding hydrogens is 412 g/mol. The van der Waals surface area contributed by atoms with Gasteiger partial charge in [0.25, 0.3) is 0 Å². The molecule has 6 nitrogen and oxygen atoms in total. The largest absolute Gasteiger partial charge is 0.492 e. The Kier molecular flexibility index (Phi) is 4.44. The third kappa shape index (κ3) is 3.34. The lowest BCUT2D eigenvalue weighted by molar-refractivity contribution is 0.101. The maximum atomic E-state index is 12.5. The van der Waals surface area contributed by atoms with Crippen LogP contribution < -0.4 is 14.9 Å². The molecule has 0 spiro atoms. The molecule has 1 aromatic carbocycles. The molecule has 8 heteroatoms. The van der Waals surface area contributed by atoms with Crippen LogP contribution in [0, 0.1) is 5.92 Å². The second-order valence-electron chi connectivity index (χ2n) is 7.32. The number of hydrogen-bond acceptors (Lipinski definition) is 6. The van der Waals surface area contributed by atoms with E-state index in [1.54, 1.807) is 28.4 Å². The van der Waals surface area contributed by atoms with E-state index in [2.05, 4.69) is 4.98 Å². The zero-order chi connectivity index (χ0) is 20.1. The van der Waals surface area contributed by atoms with Gasteiger partial charge in [-0.15, -0.1) is 11.3 Å². The Bertz CT molecular complexity index is 1170. The summed E-state index contributed by atoms with van der Waals surface area (Å²) >= 11 is 7.90. The average Bonchev–Trinajstić information content (AvgIpc) is 3.36. The minimum absolute atomic E-state index is 0.108. The van der Waals surface area contributed by atoms with Gasteiger partial charge in [0.1, 0.15) is 17.2 Å². The SMILES string of the molecule is CC(=O)c1cn2c(cc1=O)-c1cc(Cl)c(OCC3CC3)cc1OC2c1cscn1. The van der Waals surface area contributed by atoms with Crippen molar-refractivity contribution in [1.82, 2.24) is 9.55 Å². The number of Topliss-reactive ketones (excluding diaryl/α,β-unsaturated/α-hetero) is 1. The quantitative estimate of drug-likeness (QED) is 0.557. The van der Waals surface area contributed by atoms with Crippen LogP contribution in [0.25, 0.3) is 11.3 Å². The molecule has 1 fully saturated rings. The fourth-order valence-electron chi connectivity index (χ4n) is 3.38. The molecule has 1 aliphatic carbocycles. The van der Waals surface area contributed by atoms with Crippen molar-refractivity contribution in [1.29, 1.82) is 0 Å². The van der Waals surface area contributed by atoms with Gasteiger partial charge in [-0.2, -0.15) is 0 Å². The number of thiazole rings is 1. The molecule has 2 aromatic heterocycles. The number of benzene rings is 1. The average molecular weight is 429 g/mol. The molecule has 5 rings (SSSR count). The smallest absolute Gasteiger partial charge is 0.220 e. The summed E-state index contributed by atoms with van der Waals surface area (Å²) in [7, 11) is 0. The van der Waals surface area contributed by atoms with Crippen LogP contribution in [-0.4, -0.2) is 21.9 Å². The van der Waals surface area contributed by atoms with Gasteiger partial charge in [0.2, 0.25) is 6.23 Å². The first-order valence-electron chi connectivity index (χ1n) is 9.30. The molecule has 0 amide bonds. The van der Waals surface area contributed by atoms with E-state index in [0.717, 1.165) is 0 Å². The minimum atomic E-state index is -0.597. The van der Waals surface area contributed by atoms with Gasteiger partial charge >= 0.3 is 0 Å². The predicted octanol–water partition coefficient (Wildman–Crippen LogP) is 4.56. The lowest BCUT2D eigenvalue weighted by atomic mass is 10.0. The van der Waals surface area contributed by atoms with Crippen LogP contribution in [0.3, 0.4) is 0 Å².